The first-order chi connectivity index (χ1) is 15.9. The van der Waals surface area contributed by atoms with E-state index in [0.29, 0.717) is 25.7 Å². The lowest BCUT2D eigenvalue weighted by Crippen LogP contribution is -2.41. The molecule has 0 saturated heterocycles. The van der Waals surface area contributed by atoms with Crippen LogP contribution < -0.4 is 10.6 Å². The smallest absolute Gasteiger partial charge is 0.407 e. The normalized spacial score (nSPS) is 14.0. The Bertz CT molecular complexity index is 945. The molecule has 3 N–H and O–H groups in total. The first-order valence-corrected chi connectivity index (χ1v) is 11.6. The first kappa shape index (κ1) is 24.3. The summed E-state index contributed by atoms with van der Waals surface area (Å²) in [6, 6.07) is 15.2. The van der Waals surface area contributed by atoms with Crippen LogP contribution in [0.25, 0.3) is 11.1 Å². The van der Waals surface area contributed by atoms with Gasteiger partial charge in [-0.25, -0.2) is 9.59 Å². The van der Waals surface area contributed by atoms with Gasteiger partial charge in [0.2, 0.25) is 5.91 Å². The predicted octanol–water partition coefficient (Wildman–Crippen LogP) is 4.45. The lowest BCUT2D eigenvalue weighted by molar-refractivity contribution is -0.142. The molecule has 33 heavy (non-hydrogen) atoms. The lowest BCUT2D eigenvalue weighted by Gasteiger charge is -2.19. The average Bonchev–Trinajstić information content (AvgIpc) is 3.13. The molecule has 2 atom stereocenters. The van der Waals surface area contributed by atoms with Gasteiger partial charge in [-0.15, -0.1) is 0 Å². The molecule has 0 heterocycles. The van der Waals surface area contributed by atoms with Crippen molar-refractivity contribution in [2.75, 3.05) is 6.61 Å². The minimum Gasteiger partial charge on any atom is -0.480 e. The van der Waals surface area contributed by atoms with Crippen molar-refractivity contribution < 1.29 is 24.2 Å². The third kappa shape index (κ3) is 6.12. The third-order valence-electron chi connectivity index (χ3n) is 6.09. The van der Waals surface area contributed by atoms with Gasteiger partial charge >= 0.3 is 12.1 Å². The summed E-state index contributed by atoms with van der Waals surface area (Å²) in [5, 5.41) is 14.6. The number of carbonyl (C=O) groups is 3. The van der Waals surface area contributed by atoms with Crippen molar-refractivity contribution in [1.82, 2.24) is 10.6 Å². The molecule has 2 amide bonds. The number of hydrogen-bond donors (Lipinski definition) is 3. The Kier molecular flexibility index (Phi) is 8.46. The predicted molar refractivity (Wildman–Crippen MR) is 126 cm³/mol. The molecule has 3 rings (SSSR count). The van der Waals surface area contributed by atoms with Crippen LogP contribution in [-0.4, -0.2) is 41.8 Å². The highest BCUT2D eigenvalue weighted by atomic mass is 16.5. The van der Waals surface area contributed by atoms with Crippen LogP contribution in [0.5, 0.6) is 0 Å². The molecule has 1 aliphatic carbocycles. The molecule has 1 aliphatic rings. The molecule has 2 unspecified atom stereocenters. The van der Waals surface area contributed by atoms with Crippen LogP contribution in [0.3, 0.4) is 0 Å². The number of carboxylic acids is 1. The van der Waals surface area contributed by atoms with Gasteiger partial charge in [0.15, 0.2) is 0 Å². The van der Waals surface area contributed by atoms with Crippen molar-refractivity contribution in [3.8, 4) is 11.1 Å². The largest absolute Gasteiger partial charge is 0.480 e. The van der Waals surface area contributed by atoms with E-state index in [1.807, 2.05) is 38.1 Å². The van der Waals surface area contributed by atoms with Crippen molar-refractivity contribution in [2.24, 2.45) is 0 Å². The minimum atomic E-state index is -1.03. The van der Waals surface area contributed by atoms with Crippen LogP contribution in [0.4, 0.5) is 4.79 Å². The molecule has 0 saturated carbocycles. The van der Waals surface area contributed by atoms with Gasteiger partial charge in [-0.2, -0.15) is 0 Å². The summed E-state index contributed by atoms with van der Waals surface area (Å²) in [6.07, 6.45) is 1.71. The van der Waals surface area contributed by atoms with Gasteiger partial charge < -0.3 is 20.5 Å². The maximum absolute atomic E-state index is 12.5. The van der Waals surface area contributed by atoms with Gasteiger partial charge in [-0.1, -0.05) is 68.8 Å². The second-order valence-corrected chi connectivity index (χ2v) is 8.36. The van der Waals surface area contributed by atoms with Crippen molar-refractivity contribution in [3.05, 3.63) is 59.7 Å². The topological polar surface area (TPSA) is 105 Å². The molecule has 0 bridgehead atoms. The number of carboxylic acid groups (broad SMARTS) is 1. The monoisotopic (exact) mass is 452 g/mol. The molecule has 7 nitrogen and oxygen atoms in total. The summed E-state index contributed by atoms with van der Waals surface area (Å²) in [4.78, 5) is 35.8. The SMILES string of the molecule is CCCC(NC(=O)CCC(CC)NC(=O)OCC1c2ccccc2-c2ccccc21)C(=O)O. The number of rotatable bonds is 11. The summed E-state index contributed by atoms with van der Waals surface area (Å²) >= 11 is 0. The van der Waals surface area contributed by atoms with Crippen molar-refractivity contribution >= 4 is 18.0 Å². The van der Waals surface area contributed by atoms with Crippen LogP contribution in [-0.2, 0) is 14.3 Å². The highest BCUT2D eigenvalue weighted by Crippen LogP contribution is 2.44. The number of carbonyl (C=O) groups excluding carboxylic acids is 2. The number of benzene rings is 2. The lowest BCUT2D eigenvalue weighted by atomic mass is 9.98. The molecule has 176 valence electrons. The number of alkyl carbamates (subject to hydrolysis) is 1. The zero-order valence-electron chi connectivity index (χ0n) is 19.2. The van der Waals surface area contributed by atoms with Gasteiger partial charge in [0.25, 0.3) is 0 Å². The Balaban J connectivity index is 1.51. The molecular formula is C26H32N2O5. The maximum Gasteiger partial charge on any atom is 0.407 e. The number of fused-ring (bicyclic) bond motifs is 3. The summed E-state index contributed by atoms with van der Waals surface area (Å²) in [5.74, 6) is -1.38. The van der Waals surface area contributed by atoms with E-state index in [1.54, 1.807) is 0 Å². The first-order valence-electron chi connectivity index (χ1n) is 11.6. The number of aliphatic carboxylic acids is 1. The van der Waals surface area contributed by atoms with Crippen molar-refractivity contribution in [1.29, 1.82) is 0 Å². The van der Waals surface area contributed by atoms with Gasteiger partial charge in [0, 0.05) is 18.4 Å². The van der Waals surface area contributed by atoms with E-state index in [-0.39, 0.29) is 30.9 Å². The number of amides is 2. The van der Waals surface area contributed by atoms with Gasteiger partial charge in [-0.05, 0) is 41.5 Å². The van der Waals surface area contributed by atoms with Gasteiger partial charge in [0.1, 0.15) is 12.6 Å². The quantitative estimate of drug-likeness (QED) is 0.467. The molecule has 2 aromatic rings. The van der Waals surface area contributed by atoms with Crippen LogP contribution in [0.15, 0.2) is 48.5 Å². The Labute approximate surface area is 194 Å². The summed E-state index contributed by atoms with van der Waals surface area (Å²) in [7, 11) is 0. The fourth-order valence-corrected chi connectivity index (χ4v) is 4.30. The summed E-state index contributed by atoms with van der Waals surface area (Å²) in [6.45, 7) is 4.02. The fraction of sp³-hybridized carbons (Fsp3) is 0.423. The summed E-state index contributed by atoms with van der Waals surface area (Å²) < 4.78 is 5.58. The Hall–Kier alpha value is -3.35. The van der Waals surface area contributed by atoms with E-state index >= 15 is 0 Å². The van der Waals surface area contributed by atoms with Crippen molar-refractivity contribution in [3.63, 3.8) is 0 Å². The second kappa shape index (κ2) is 11.5. The van der Waals surface area contributed by atoms with Gasteiger partial charge in [-0.3, -0.25) is 4.79 Å². The van der Waals surface area contributed by atoms with E-state index in [2.05, 4.69) is 34.9 Å². The van der Waals surface area contributed by atoms with Crippen LogP contribution in [0, 0.1) is 0 Å². The Morgan fingerprint density at radius 2 is 1.55 bits per heavy atom. The molecule has 7 heteroatoms. The molecule has 0 aliphatic heterocycles. The zero-order chi connectivity index (χ0) is 23.8. The molecule has 0 fully saturated rings. The fourth-order valence-electron chi connectivity index (χ4n) is 4.30. The third-order valence-corrected chi connectivity index (χ3v) is 6.09. The van der Waals surface area contributed by atoms with Crippen LogP contribution in [0.2, 0.25) is 0 Å². The molecule has 0 aromatic heterocycles. The van der Waals surface area contributed by atoms with E-state index < -0.39 is 18.1 Å². The number of hydrogen-bond acceptors (Lipinski definition) is 4. The van der Waals surface area contributed by atoms with Crippen molar-refractivity contribution in [2.45, 2.75) is 64.0 Å². The van der Waals surface area contributed by atoms with E-state index in [9.17, 15) is 19.5 Å². The van der Waals surface area contributed by atoms with Crippen LogP contribution in [0.1, 0.15) is 63.0 Å². The second-order valence-electron chi connectivity index (χ2n) is 8.36. The van der Waals surface area contributed by atoms with E-state index in [4.69, 9.17) is 4.74 Å². The number of ether oxygens (including phenoxy) is 1. The highest BCUT2D eigenvalue weighted by molar-refractivity contribution is 5.83. The summed E-state index contributed by atoms with van der Waals surface area (Å²) in [5.41, 5.74) is 4.63. The zero-order valence-corrected chi connectivity index (χ0v) is 19.2. The van der Waals surface area contributed by atoms with E-state index in [0.717, 1.165) is 11.1 Å². The van der Waals surface area contributed by atoms with Crippen LogP contribution >= 0.6 is 0 Å². The molecule has 0 radical (unpaired) electrons. The minimum absolute atomic E-state index is 0.0134. The molecular weight excluding hydrogens is 420 g/mol. The van der Waals surface area contributed by atoms with Gasteiger partial charge in [0.05, 0.1) is 0 Å². The maximum atomic E-state index is 12.5. The molecule has 2 aromatic carbocycles. The number of nitrogens with one attached hydrogen (secondary N) is 2. The highest BCUT2D eigenvalue weighted by Gasteiger charge is 2.29. The van der Waals surface area contributed by atoms with E-state index in [1.165, 1.54) is 11.1 Å². The molecule has 0 spiro atoms. The standard InChI is InChI=1S/C26H32N2O5/c1-3-9-23(25(30)31)28-24(29)15-14-17(4-2)27-26(32)33-16-22-20-12-7-5-10-18(20)19-11-6-8-13-21(19)22/h5-8,10-13,17,22-23H,3-4,9,14-16H2,1-2H3,(H,27,32)(H,28,29)(H,30,31). The Morgan fingerprint density at radius 3 is 2.09 bits per heavy atom. The average molecular weight is 453 g/mol. The Morgan fingerprint density at radius 1 is 0.939 bits per heavy atom.